The summed E-state index contributed by atoms with van der Waals surface area (Å²) >= 11 is 0. The lowest BCUT2D eigenvalue weighted by molar-refractivity contribution is -0.711. The number of benzene rings is 1. The zero-order valence-corrected chi connectivity index (χ0v) is 19.3. The Kier molecular flexibility index (Phi) is 7.17. The summed E-state index contributed by atoms with van der Waals surface area (Å²) in [6.07, 6.45) is 3.55. The molecule has 0 amide bonds. The highest BCUT2D eigenvalue weighted by molar-refractivity contribution is 7.47. The summed E-state index contributed by atoms with van der Waals surface area (Å²) in [4.78, 5) is 13.6. The van der Waals surface area contributed by atoms with Crippen LogP contribution in [0.5, 0.6) is 0 Å². The van der Waals surface area contributed by atoms with Gasteiger partial charge >= 0.3 is 7.82 Å². The number of nitrogen functional groups attached to an aromatic ring is 1. The second-order valence-corrected chi connectivity index (χ2v) is 8.88. The largest absolute Gasteiger partial charge is 0.475 e. The number of hydrogen-bond acceptors (Lipinski definition) is 8. The minimum Gasteiger partial charge on any atom is -0.356 e. The number of pyridine rings is 2. The van der Waals surface area contributed by atoms with Crippen molar-refractivity contribution in [3.8, 4) is 11.3 Å². The fourth-order valence-electron chi connectivity index (χ4n) is 3.14. The standard InChI is InChI=1S/C22H20F2N5O5P/c1-32-35(30,31)33-13-29-9-3-4-16(22(29)25)19-11-15(28-34-19)10-14-7-8-20(26-12-14)27-18-6-2-5-17(23)21(18)24/h2-9,11-12,25H,10,13H2,1H3,(H2,26,27,30,31)/p+1. The quantitative estimate of drug-likeness (QED) is 0.229. The van der Waals surface area contributed by atoms with Crippen molar-refractivity contribution < 1.29 is 36.4 Å². The van der Waals surface area contributed by atoms with Crippen LogP contribution in [0.2, 0.25) is 0 Å². The Bertz CT molecular complexity index is 1380. The number of nitrogens with two attached hydrogens (primary N) is 1. The Morgan fingerprint density at radius 1 is 1.23 bits per heavy atom. The maximum atomic E-state index is 13.8. The SMILES string of the molecule is COP(=O)(O)OC[n+]1cccc(-c2cc(Cc3ccc(Nc4cccc(F)c4F)nc3)no2)c1N. The lowest BCUT2D eigenvalue weighted by Gasteiger charge is -2.09. The van der Waals surface area contributed by atoms with Gasteiger partial charge in [0.15, 0.2) is 17.4 Å². The number of phosphoric acid groups is 1. The van der Waals surface area contributed by atoms with E-state index in [-0.39, 0.29) is 18.2 Å². The van der Waals surface area contributed by atoms with Gasteiger partial charge in [0, 0.05) is 25.8 Å². The van der Waals surface area contributed by atoms with Crippen molar-refractivity contribution in [2.45, 2.75) is 13.2 Å². The summed E-state index contributed by atoms with van der Waals surface area (Å²) in [5.74, 6) is -0.963. The van der Waals surface area contributed by atoms with Gasteiger partial charge in [-0.25, -0.2) is 27.4 Å². The number of rotatable bonds is 9. The number of aromatic nitrogens is 3. The normalized spacial score (nSPS) is 12.9. The molecule has 13 heteroatoms. The van der Waals surface area contributed by atoms with E-state index in [0.717, 1.165) is 18.7 Å². The van der Waals surface area contributed by atoms with E-state index < -0.39 is 19.5 Å². The monoisotopic (exact) mass is 504 g/mol. The molecule has 4 N–H and O–H groups in total. The number of halogens is 2. The molecule has 0 aliphatic carbocycles. The Hall–Kier alpha value is -3.70. The maximum absolute atomic E-state index is 13.8. The lowest BCUT2D eigenvalue weighted by Crippen LogP contribution is -2.38. The van der Waals surface area contributed by atoms with Crippen molar-refractivity contribution in [1.82, 2.24) is 10.1 Å². The molecule has 0 radical (unpaired) electrons. The molecule has 3 heterocycles. The van der Waals surface area contributed by atoms with Gasteiger partial charge in [-0.2, -0.15) is 0 Å². The topological polar surface area (TPSA) is 137 Å². The second kappa shape index (κ2) is 10.3. The molecular formula is C22H21F2N5O5P+. The van der Waals surface area contributed by atoms with Crippen LogP contribution in [0.15, 0.2) is 65.4 Å². The average Bonchev–Trinajstić information content (AvgIpc) is 3.31. The molecule has 0 saturated carbocycles. The highest BCUT2D eigenvalue weighted by Gasteiger charge is 2.22. The molecule has 0 saturated heterocycles. The number of anilines is 3. The number of hydrogen-bond donors (Lipinski definition) is 3. The van der Waals surface area contributed by atoms with E-state index in [1.165, 1.54) is 16.7 Å². The molecule has 4 aromatic rings. The molecule has 0 spiro atoms. The average molecular weight is 504 g/mol. The van der Waals surface area contributed by atoms with Gasteiger partial charge in [-0.15, -0.1) is 0 Å². The van der Waals surface area contributed by atoms with E-state index in [0.29, 0.717) is 29.3 Å². The van der Waals surface area contributed by atoms with Crippen LogP contribution in [0.3, 0.4) is 0 Å². The van der Waals surface area contributed by atoms with Gasteiger partial charge in [0.2, 0.25) is 6.73 Å². The van der Waals surface area contributed by atoms with Crippen LogP contribution in [-0.4, -0.2) is 22.1 Å². The molecular weight excluding hydrogens is 483 g/mol. The van der Waals surface area contributed by atoms with Crippen molar-refractivity contribution in [3.63, 3.8) is 0 Å². The molecule has 4 rings (SSSR count). The predicted octanol–water partition coefficient (Wildman–Crippen LogP) is 3.94. The molecule has 3 aromatic heterocycles. The van der Waals surface area contributed by atoms with Crippen LogP contribution in [0, 0.1) is 11.6 Å². The summed E-state index contributed by atoms with van der Waals surface area (Å²) in [6.45, 7) is -0.312. The van der Waals surface area contributed by atoms with E-state index in [9.17, 15) is 18.2 Å². The first-order chi connectivity index (χ1) is 16.8. The molecule has 1 atom stereocenters. The predicted molar refractivity (Wildman–Crippen MR) is 121 cm³/mol. The highest BCUT2D eigenvalue weighted by Crippen LogP contribution is 2.41. The van der Waals surface area contributed by atoms with E-state index in [2.05, 4.69) is 20.0 Å². The Morgan fingerprint density at radius 2 is 2.06 bits per heavy atom. The molecule has 0 aliphatic heterocycles. The van der Waals surface area contributed by atoms with Crippen molar-refractivity contribution in [3.05, 3.63) is 83.8 Å². The van der Waals surface area contributed by atoms with Gasteiger partial charge in [-0.1, -0.05) is 17.3 Å². The number of phosphoric ester groups is 1. The van der Waals surface area contributed by atoms with E-state index in [1.807, 2.05) is 0 Å². The van der Waals surface area contributed by atoms with Gasteiger partial charge in [-0.3, -0.25) is 10.3 Å². The van der Waals surface area contributed by atoms with Gasteiger partial charge in [-0.05, 0) is 35.9 Å². The third-order valence-electron chi connectivity index (χ3n) is 4.95. The van der Waals surface area contributed by atoms with Gasteiger partial charge in [0.1, 0.15) is 11.4 Å². The first kappa shape index (κ1) is 24.4. The highest BCUT2D eigenvalue weighted by atomic mass is 31.2. The first-order valence-electron chi connectivity index (χ1n) is 10.2. The number of nitrogens with one attached hydrogen (secondary N) is 1. The Balaban J connectivity index is 1.44. The van der Waals surface area contributed by atoms with Gasteiger partial charge in [0.05, 0.1) is 17.6 Å². The zero-order valence-electron chi connectivity index (χ0n) is 18.4. The second-order valence-electron chi connectivity index (χ2n) is 7.32. The summed E-state index contributed by atoms with van der Waals surface area (Å²) in [7, 11) is -3.11. The molecule has 35 heavy (non-hydrogen) atoms. The lowest BCUT2D eigenvalue weighted by atomic mass is 10.1. The summed E-state index contributed by atoms with van der Waals surface area (Å²) in [5, 5.41) is 6.80. The van der Waals surface area contributed by atoms with Crippen molar-refractivity contribution >= 4 is 25.1 Å². The van der Waals surface area contributed by atoms with Crippen LogP contribution in [0.1, 0.15) is 11.3 Å². The molecule has 0 bridgehead atoms. The van der Waals surface area contributed by atoms with Crippen LogP contribution in [-0.2, 0) is 26.8 Å². The van der Waals surface area contributed by atoms with Crippen LogP contribution < -0.4 is 15.6 Å². The van der Waals surface area contributed by atoms with Crippen molar-refractivity contribution in [1.29, 1.82) is 0 Å². The van der Waals surface area contributed by atoms with E-state index >= 15 is 0 Å². The Labute approximate surface area is 198 Å². The summed E-state index contributed by atoms with van der Waals surface area (Å²) < 4.78 is 54.8. The van der Waals surface area contributed by atoms with Crippen LogP contribution in [0.4, 0.5) is 26.1 Å². The van der Waals surface area contributed by atoms with Crippen LogP contribution >= 0.6 is 7.82 Å². The first-order valence-corrected chi connectivity index (χ1v) is 11.7. The summed E-state index contributed by atoms with van der Waals surface area (Å²) in [5.41, 5.74) is 8.06. The minimum atomic E-state index is -4.17. The molecule has 0 fully saturated rings. The third-order valence-corrected chi connectivity index (χ3v) is 5.86. The van der Waals surface area contributed by atoms with Crippen LogP contribution in [0.25, 0.3) is 11.3 Å². The fourth-order valence-corrected chi connectivity index (χ4v) is 3.52. The molecule has 0 aliphatic rings. The van der Waals surface area contributed by atoms with Crippen molar-refractivity contribution in [2.75, 3.05) is 18.2 Å². The maximum Gasteiger partial charge on any atom is 0.475 e. The molecule has 1 aromatic carbocycles. The number of nitrogens with zero attached hydrogens (tertiary/aromatic N) is 3. The van der Waals surface area contributed by atoms with E-state index in [4.69, 9.17) is 14.8 Å². The van der Waals surface area contributed by atoms with Gasteiger partial charge in [0.25, 0.3) is 5.82 Å². The molecule has 1 unspecified atom stereocenters. The Morgan fingerprint density at radius 3 is 2.80 bits per heavy atom. The zero-order chi connectivity index (χ0) is 25.0. The minimum absolute atomic E-state index is 0.0153. The molecule has 182 valence electrons. The third kappa shape index (κ3) is 5.87. The smallest absolute Gasteiger partial charge is 0.356 e. The van der Waals surface area contributed by atoms with Crippen molar-refractivity contribution in [2.24, 2.45) is 0 Å². The molecule has 10 nitrogen and oxygen atoms in total. The fraction of sp³-hybridized carbons (Fsp3) is 0.136. The summed E-state index contributed by atoms with van der Waals surface area (Å²) in [6, 6.07) is 12.3. The van der Waals surface area contributed by atoms with E-state index in [1.54, 1.807) is 42.7 Å². The van der Waals surface area contributed by atoms with Gasteiger partial charge < -0.3 is 14.7 Å².